The van der Waals surface area contributed by atoms with Gasteiger partial charge in [-0.15, -0.1) is 0 Å². The molecule has 0 aliphatic carbocycles. The van der Waals surface area contributed by atoms with E-state index in [2.05, 4.69) is 19.9 Å². The summed E-state index contributed by atoms with van der Waals surface area (Å²) in [5.74, 6) is 0. The third-order valence-corrected chi connectivity index (χ3v) is 3.20. The Balaban J connectivity index is 0.000000121. The molecule has 4 heterocycles. The van der Waals surface area contributed by atoms with Gasteiger partial charge in [0, 0.05) is 41.4 Å². The van der Waals surface area contributed by atoms with Crippen molar-refractivity contribution in [3.05, 3.63) is 60.3 Å². The van der Waals surface area contributed by atoms with Crippen LogP contribution < -0.4 is 0 Å². The van der Waals surface area contributed by atoms with Crippen LogP contribution in [0, 0.1) is 13.8 Å². The van der Waals surface area contributed by atoms with Crippen molar-refractivity contribution < 1.29 is 0 Å². The van der Waals surface area contributed by atoms with Crippen molar-refractivity contribution in [2.24, 2.45) is 0 Å². The van der Waals surface area contributed by atoms with Crippen LogP contribution in [0.3, 0.4) is 0 Å². The molecular weight excluding hydrogens is 248 g/mol. The molecule has 4 aromatic heterocycles. The van der Waals surface area contributed by atoms with E-state index in [1.165, 1.54) is 10.9 Å². The van der Waals surface area contributed by atoms with Crippen LogP contribution in [0.4, 0.5) is 0 Å². The number of aromatic nitrogens is 4. The number of H-pyrrole nitrogens is 2. The highest BCUT2D eigenvalue weighted by molar-refractivity contribution is 5.78. The van der Waals surface area contributed by atoms with Gasteiger partial charge in [0.1, 0.15) is 0 Å². The summed E-state index contributed by atoms with van der Waals surface area (Å²) in [4.78, 5) is 14.6. The number of pyridine rings is 2. The van der Waals surface area contributed by atoms with E-state index in [9.17, 15) is 0 Å². The van der Waals surface area contributed by atoms with Crippen molar-refractivity contribution in [1.29, 1.82) is 0 Å². The van der Waals surface area contributed by atoms with Gasteiger partial charge in [-0.05, 0) is 43.7 Å². The molecule has 0 fully saturated rings. The number of hydrogen-bond acceptors (Lipinski definition) is 2. The van der Waals surface area contributed by atoms with E-state index in [1.54, 1.807) is 0 Å². The minimum atomic E-state index is 1.05. The van der Waals surface area contributed by atoms with Gasteiger partial charge in [0.15, 0.2) is 0 Å². The van der Waals surface area contributed by atoms with Crippen LogP contribution >= 0.6 is 0 Å². The maximum Gasteiger partial charge on any atom is 0.0907 e. The fraction of sp³-hybridized carbons (Fsp3) is 0.125. The fourth-order valence-electron chi connectivity index (χ4n) is 2.14. The molecular formula is C16H16N4. The van der Waals surface area contributed by atoms with Crippen LogP contribution in [-0.4, -0.2) is 19.9 Å². The van der Waals surface area contributed by atoms with E-state index in [1.807, 2.05) is 62.9 Å². The Morgan fingerprint density at radius 2 is 1.90 bits per heavy atom. The highest BCUT2D eigenvalue weighted by Gasteiger charge is 1.96. The van der Waals surface area contributed by atoms with Crippen LogP contribution in [0.15, 0.2) is 49.1 Å². The summed E-state index contributed by atoms with van der Waals surface area (Å²) in [6.45, 7) is 4.03. The molecule has 2 N–H and O–H groups in total. The molecule has 0 atom stereocenters. The highest BCUT2D eigenvalue weighted by atomic mass is 14.8. The fourth-order valence-corrected chi connectivity index (χ4v) is 2.14. The Bertz CT molecular complexity index is 842. The van der Waals surface area contributed by atoms with Crippen molar-refractivity contribution >= 4 is 21.9 Å². The van der Waals surface area contributed by atoms with Gasteiger partial charge in [-0.2, -0.15) is 0 Å². The maximum absolute atomic E-state index is 4.21. The average molecular weight is 264 g/mol. The topological polar surface area (TPSA) is 57.4 Å². The molecule has 0 bridgehead atoms. The summed E-state index contributed by atoms with van der Waals surface area (Å²) in [6.07, 6.45) is 7.58. The van der Waals surface area contributed by atoms with Gasteiger partial charge in [0.25, 0.3) is 0 Å². The number of nitrogens with zero attached hydrogens (tertiary/aromatic N) is 2. The minimum Gasteiger partial charge on any atom is -0.361 e. The lowest BCUT2D eigenvalue weighted by molar-refractivity contribution is 1.22. The molecule has 0 radical (unpaired) electrons. The molecule has 0 unspecified atom stereocenters. The second kappa shape index (κ2) is 5.17. The molecule has 0 saturated heterocycles. The van der Waals surface area contributed by atoms with E-state index < -0.39 is 0 Å². The predicted octanol–water partition coefficient (Wildman–Crippen LogP) is 3.74. The van der Waals surface area contributed by atoms with Gasteiger partial charge in [-0.25, -0.2) is 0 Å². The normalized spacial score (nSPS) is 10.5. The highest BCUT2D eigenvalue weighted by Crippen LogP contribution is 2.12. The van der Waals surface area contributed by atoms with Crippen LogP contribution in [0.5, 0.6) is 0 Å². The zero-order valence-corrected chi connectivity index (χ0v) is 11.5. The second-order valence-corrected chi connectivity index (χ2v) is 4.76. The number of aromatic amines is 2. The molecule has 0 amide bonds. The first-order valence-electron chi connectivity index (χ1n) is 6.52. The molecule has 4 aromatic rings. The summed E-state index contributed by atoms with van der Waals surface area (Å²) < 4.78 is 0. The zero-order valence-electron chi connectivity index (χ0n) is 11.5. The Labute approximate surface area is 116 Å². The maximum atomic E-state index is 4.21. The Hall–Kier alpha value is -2.62. The molecule has 20 heavy (non-hydrogen) atoms. The smallest absolute Gasteiger partial charge is 0.0907 e. The van der Waals surface area contributed by atoms with Crippen LogP contribution in [0.25, 0.3) is 21.9 Å². The summed E-state index contributed by atoms with van der Waals surface area (Å²) in [5, 5.41) is 1.17. The van der Waals surface area contributed by atoms with E-state index >= 15 is 0 Å². The zero-order chi connectivity index (χ0) is 13.9. The number of rotatable bonds is 0. The lowest BCUT2D eigenvalue weighted by atomic mass is 10.3. The standard InChI is InChI=1S/2C8H8N2/c1-6-4-8-7(5-10-6)2-3-9-8;1-6-5-10-7-3-2-4-9-8(6)7/h2-5,9H,1H3;2-5,10H,1H3. The number of aryl methyl sites for hydroxylation is 2. The van der Waals surface area contributed by atoms with E-state index in [0.717, 1.165) is 22.2 Å². The van der Waals surface area contributed by atoms with Crippen molar-refractivity contribution in [2.45, 2.75) is 13.8 Å². The SMILES string of the molecule is Cc1c[nH]c2cccnc12.Cc1cc2[nH]ccc2cn1. The molecule has 0 saturated carbocycles. The van der Waals surface area contributed by atoms with Crippen molar-refractivity contribution in [3.63, 3.8) is 0 Å². The summed E-state index contributed by atoms with van der Waals surface area (Å²) in [6, 6.07) is 8.00. The van der Waals surface area contributed by atoms with Gasteiger partial charge in [-0.1, -0.05) is 0 Å². The molecule has 4 nitrogen and oxygen atoms in total. The molecule has 100 valence electrons. The molecule has 0 aliphatic heterocycles. The van der Waals surface area contributed by atoms with Crippen LogP contribution in [-0.2, 0) is 0 Å². The van der Waals surface area contributed by atoms with Gasteiger partial charge in [0.2, 0.25) is 0 Å². The first-order chi connectivity index (χ1) is 9.74. The first-order valence-corrected chi connectivity index (χ1v) is 6.52. The van der Waals surface area contributed by atoms with Crippen molar-refractivity contribution in [1.82, 2.24) is 19.9 Å². The van der Waals surface area contributed by atoms with Gasteiger partial charge >= 0.3 is 0 Å². The Kier molecular flexibility index (Phi) is 3.21. The monoisotopic (exact) mass is 264 g/mol. The summed E-state index contributed by atoms with van der Waals surface area (Å²) in [5.41, 5.74) is 5.60. The molecule has 4 rings (SSSR count). The minimum absolute atomic E-state index is 1.05. The lowest BCUT2D eigenvalue weighted by Crippen LogP contribution is -1.77. The average Bonchev–Trinajstić information content (AvgIpc) is 3.07. The van der Waals surface area contributed by atoms with Crippen molar-refractivity contribution in [2.75, 3.05) is 0 Å². The molecule has 0 aliphatic rings. The van der Waals surface area contributed by atoms with Crippen LogP contribution in [0.1, 0.15) is 11.3 Å². The van der Waals surface area contributed by atoms with Crippen LogP contribution in [0.2, 0.25) is 0 Å². The van der Waals surface area contributed by atoms with Gasteiger partial charge in [-0.3, -0.25) is 9.97 Å². The van der Waals surface area contributed by atoms with E-state index in [4.69, 9.17) is 0 Å². The van der Waals surface area contributed by atoms with Gasteiger partial charge in [0.05, 0.1) is 11.0 Å². The molecule has 0 spiro atoms. The van der Waals surface area contributed by atoms with E-state index in [0.29, 0.717) is 0 Å². The number of hydrogen-bond donors (Lipinski definition) is 2. The lowest BCUT2D eigenvalue weighted by Gasteiger charge is -1.89. The summed E-state index contributed by atoms with van der Waals surface area (Å²) in [7, 11) is 0. The third-order valence-electron chi connectivity index (χ3n) is 3.20. The van der Waals surface area contributed by atoms with Gasteiger partial charge < -0.3 is 9.97 Å². The molecule has 4 heteroatoms. The number of nitrogens with one attached hydrogen (secondary N) is 2. The Morgan fingerprint density at radius 3 is 2.75 bits per heavy atom. The first kappa shape index (κ1) is 12.4. The van der Waals surface area contributed by atoms with Crippen molar-refractivity contribution in [3.8, 4) is 0 Å². The quantitative estimate of drug-likeness (QED) is 0.508. The number of fused-ring (bicyclic) bond motifs is 2. The second-order valence-electron chi connectivity index (χ2n) is 4.76. The molecule has 0 aromatic carbocycles. The third kappa shape index (κ3) is 2.40. The largest absolute Gasteiger partial charge is 0.361 e. The summed E-state index contributed by atoms with van der Waals surface area (Å²) >= 11 is 0. The Morgan fingerprint density at radius 1 is 1.00 bits per heavy atom. The van der Waals surface area contributed by atoms with E-state index in [-0.39, 0.29) is 0 Å². The predicted molar refractivity (Wildman–Crippen MR) is 81.7 cm³/mol.